The van der Waals surface area contributed by atoms with Crippen LogP contribution in [0.4, 0.5) is 5.69 Å². The average Bonchev–Trinajstić information content (AvgIpc) is 3.40. The molecular weight excluding hydrogens is 446 g/mol. The van der Waals surface area contributed by atoms with Crippen molar-refractivity contribution in [2.45, 2.75) is 49.6 Å². The number of esters is 1. The molecule has 2 fully saturated rings. The smallest absolute Gasteiger partial charge is 0.325 e. The maximum Gasteiger partial charge on any atom is 0.325 e. The number of nitrogens with one attached hydrogen (secondary N) is 1. The third-order valence-electron chi connectivity index (χ3n) is 5.39. The highest BCUT2D eigenvalue weighted by Crippen LogP contribution is 2.23. The van der Waals surface area contributed by atoms with Crippen LogP contribution in [0.1, 0.15) is 32.6 Å². The number of carbonyl (C=O) groups excluding carboxylic acids is 2. The molecule has 0 spiro atoms. The Bertz CT molecular complexity index is 1030. The van der Waals surface area contributed by atoms with Gasteiger partial charge in [-0.2, -0.15) is 8.61 Å². The summed E-state index contributed by atoms with van der Waals surface area (Å²) < 4.78 is 56.4. The standard InChI is InChI=1S/C19H27N3O7S2/c1-14(29-19(24)17-6-5-13-22(17)30(2,25)26)18(23)20-15-7-9-16(10-8-15)31(27,28)21-11-3-4-12-21/h7-10,14,17H,3-6,11-13H2,1-2H3,(H,20,23)/t14-,17-/m0/s1. The van der Waals surface area contributed by atoms with E-state index in [1.807, 2.05) is 0 Å². The van der Waals surface area contributed by atoms with Crippen LogP contribution in [0.5, 0.6) is 0 Å². The summed E-state index contributed by atoms with van der Waals surface area (Å²) in [5.41, 5.74) is 0.354. The van der Waals surface area contributed by atoms with Crippen molar-refractivity contribution in [3.05, 3.63) is 24.3 Å². The molecular formula is C19H27N3O7S2. The van der Waals surface area contributed by atoms with Crippen LogP contribution in [0.15, 0.2) is 29.2 Å². The van der Waals surface area contributed by atoms with Gasteiger partial charge in [0.15, 0.2) is 6.10 Å². The topological polar surface area (TPSA) is 130 Å². The Morgan fingerprint density at radius 1 is 1.03 bits per heavy atom. The van der Waals surface area contributed by atoms with Gasteiger partial charge >= 0.3 is 5.97 Å². The minimum absolute atomic E-state index is 0.147. The van der Waals surface area contributed by atoms with Crippen LogP contribution in [0.25, 0.3) is 0 Å². The zero-order valence-electron chi connectivity index (χ0n) is 17.5. The highest BCUT2D eigenvalue weighted by Gasteiger charge is 2.38. The van der Waals surface area contributed by atoms with E-state index in [1.54, 1.807) is 0 Å². The highest BCUT2D eigenvalue weighted by molar-refractivity contribution is 7.89. The largest absolute Gasteiger partial charge is 0.451 e. The molecule has 3 rings (SSSR count). The summed E-state index contributed by atoms with van der Waals surface area (Å²) in [4.78, 5) is 24.9. The highest BCUT2D eigenvalue weighted by atomic mass is 32.2. The zero-order chi connectivity index (χ0) is 22.8. The predicted octanol–water partition coefficient (Wildman–Crippen LogP) is 0.765. The molecule has 2 heterocycles. The van der Waals surface area contributed by atoms with E-state index in [2.05, 4.69) is 5.32 Å². The molecule has 2 atom stereocenters. The fourth-order valence-corrected chi connectivity index (χ4v) is 6.34. The summed E-state index contributed by atoms with van der Waals surface area (Å²) in [6.45, 7) is 2.63. The number of sulfonamides is 2. The van der Waals surface area contributed by atoms with Crippen LogP contribution in [0.3, 0.4) is 0 Å². The van der Waals surface area contributed by atoms with Crippen molar-refractivity contribution in [3.8, 4) is 0 Å². The third-order valence-corrected chi connectivity index (χ3v) is 8.59. The van der Waals surface area contributed by atoms with E-state index < -0.39 is 44.1 Å². The maximum atomic E-state index is 12.6. The summed E-state index contributed by atoms with van der Waals surface area (Å²) in [6.07, 6.45) is 2.44. The van der Waals surface area contributed by atoms with Crippen molar-refractivity contribution < 1.29 is 31.2 Å². The third kappa shape index (κ3) is 5.43. The molecule has 1 amide bonds. The Kier molecular flexibility index (Phi) is 7.04. The van der Waals surface area contributed by atoms with E-state index in [0.717, 1.165) is 23.4 Å². The molecule has 2 aliphatic rings. The molecule has 0 aromatic heterocycles. The van der Waals surface area contributed by atoms with Crippen molar-refractivity contribution >= 4 is 37.6 Å². The number of amides is 1. The predicted molar refractivity (Wildman–Crippen MR) is 113 cm³/mol. The Morgan fingerprint density at radius 3 is 2.23 bits per heavy atom. The monoisotopic (exact) mass is 473 g/mol. The van der Waals surface area contributed by atoms with Gasteiger partial charge in [0.05, 0.1) is 11.2 Å². The summed E-state index contributed by atoms with van der Waals surface area (Å²) >= 11 is 0. The molecule has 0 aliphatic carbocycles. The van der Waals surface area contributed by atoms with Crippen LogP contribution in [0, 0.1) is 0 Å². The first-order valence-electron chi connectivity index (χ1n) is 10.1. The first kappa shape index (κ1) is 23.6. The first-order chi connectivity index (χ1) is 14.5. The molecule has 0 bridgehead atoms. The van der Waals surface area contributed by atoms with Crippen molar-refractivity contribution in [2.75, 3.05) is 31.2 Å². The molecule has 0 saturated carbocycles. The van der Waals surface area contributed by atoms with Gasteiger partial charge in [0, 0.05) is 25.3 Å². The van der Waals surface area contributed by atoms with Gasteiger partial charge in [-0.1, -0.05) is 0 Å². The second-order valence-corrected chi connectivity index (χ2v) is 11.6. The normalized spacial score (nSPS) is 21.7. The lowest BCUT2D eigenvalue weighted by atomic mass is 10.2. The quantitative estimate of drug-likeness (QED) is 0.579. The van der Waals surface area contributed by atoms with Gasteiger partial charge in [-0.25, -0.2) is 16.8 Å². The number of benzene rings is 1. The van der Waals surface area contributed by atoms with Crippen molar-refractivity contribution in [1.82, 2.24) is 8.61 Å². The lowest BCUT2D eigenvalue weighted by Crippen LogP contribution is -2.43. The fourth-order valence-electron chi connectivity index (χ4n) is 3.71. The van der Waals surface area contributed by atoms with Crippen molar-refractivity contribution in [1.29, 1.82) is 0 Å². The molecule has 172 valence electrons. The van der Waals surface area contributed by atoms with E-state index in [1.165, 1.54) is 35.5 Å². The minimum Gasteiger partial charge on any atom is -0.451 e. The first-order valence-corrected chi connectivity index (χ1v) is 13.4. The molecule has 1 aromatic rings. The van der Waals surface area contributed by atoms with Crippen LogP contribution in [-0.4, -0.2) is 75.4 Å². The number of carbonyl (C=O) groups is 2. The number of hydrogen-bond donors (Lipinski definition) is 1. The van der Waals surface area contributed by atoms with Crippen LogP contribution in [0.2, 0.25) is 0 Å². The zero-order valence-corrected chi connectivity index (χ0v) is 19.1. The SMILES string of the molecule is C[C@H](OC(=O)[C@@H]1CCCN1S(C)(=O)=O)C(=O)Nc1ccc(S(=O)(=O)N2CCCC2)cc1. The summed E-state index contributed by atoms with van der Waals surface area (Å²) in [5, 5.41) is 2.57. The van der Waals surface area contributed by atoms with Gasteiger partial charge in [0.2, 0.25) is 20.0 Å². The fraction of sp³-hybridized carbons (Fsp3) is 0.579. The number of rotatable bonds is 7. The van der Waals surface area contributed by atoms with Gasteiger partial charge in [-0.3, -0.25) is 9.59 Å². The molecule has 0 unspecified atom stereocenters. The Labute approximate surface area is 182 Å². The number of anilines is 1. The molecule has 1 N–H and O–H groups in total. The Balaban J connectivity index is 1.59. The van der Waals surface area contributed by atoms with Gasteiger partial charge in [-0.15, -0.1) is 0 Å². The number of ether oxygens (including phenoxy) is 1. The van der Waals surface area contributed by atoms with E-state index in [9.17, 15) is 26.4 Å². The summed E-state index contributed by atoms with van der Waals surface area (Å²) in [5.74, 6) is -1.37. The summed E-state index contributed by atoms with van der Waals surface area (Å²) in [6, 6.07) is 4.85. The number of nitrogens with zero attached hydrogens (tertiary/aromatic N) is 2. The second-order valence-electron chi connectivity index (χ2n) is 7.74. The van der Waals surface area contributed by atoms with E-state index in [-0.39, 0.29) is 11.4 Å². The number of hydrogen-bond acceptors (Lipinski definition) is 7. The van der Waals surface area contributed by atoms with Gasteiger partial charge in [0.25, 0.3) is 5.91 Å². The molecule has 0 radical (unpaired) electrons. The average molecular weight is 474 g/mol. The van der Waals surface area contributed by atoms with Crippen molar-refractivity contribution in [3.63, 3.8) is 0 Å². The maximum absolute atomic E-state index is 12.6. The van der Waals surface area contributed by atoms with Crippen LogP contribution < -0.4 is 5.32 Å². The van der Waals surface area contributed by atoms with Gasteiger partial charge < -0.3 is 10.1 Å². The lowest BCUT2D eigenvalue weighted by molar-refractivity contribution is -0.156. The molecule has 12 heteroatoms. The molecule has 2 saturated heterocycles. The Morgan fingerprint density at radius 2 is 1.65 bits per heavy atom. The summed E-state index contributed by atoms with van der Waals surface area (Å²) in [7, 11) is -7.09. The minimum atomic E-state index is -3.55. The molecule has 2 aliphatic heterocycles. The molecule has 31 heavy (non-hydrogen) atoms. The van der Waals surface area contributed by atoms with Gasteiger partial charge in [0.1, 0.15) is 6.04 Å². The van der Waals surface area contributed by atoms with Crippen molar-refractivity contribution in [2.24, 2.45) is 0 Å². The Hall–Kier alpha value is -2.02. The van der Waals surface area contributed by atoms with Crippen LogP contribution in [-0.2, 0) is 34.4 Å². The van der Waals surface area contributed by atoms with E-state index >= 15 is 0 Å². The lowest BCUT2D eigenvalue weighted by Gasteiger charge is -2.22. The molecule has 1 aromatic carbocycles. The van der Waals surface area contributed by atoms with Gasteiger partial charge in [-0.05, 0) is 56.9 Å². The molecule has 10 nitrogen and oxygen atoms in total. The van der Waals surface area contributed by atoms with Crippen LogP contribution >= 0.6 is 0 Å². The van der Waals surface area contributed by atoms with E-state index in [4.69, 9.17) is 4.74 Å². The van der Waals surface area contributed by atoms with E-state index in [0.29, 0.717) is 31.6 Å². The second kappa shape index (κ2) is 9.23.